The summed E-state index contributed by atoms with van der Waals surface area (Å²) in [5, 5.41) is 45.3. The highest BCUT2D eigenvalue weighted by Crippen LogP contribution is 2.78. The van der Waals surface area contributed by atoms with Gasteiger partial charge in [-0.15, -0.1) is 6.58 Å². The van der Waals surface area contributed by atoms with Crippen molar-refractivity contribution >= 4 is 5.78 Å². The third-order valence-electron chi connectivity index (χ3n) is 18.6. The molecule has 0 amide bonds. The number of piperidine rings is 2. The SMILES string of the molecule is C=CCN1CC[C@]23c4c5ccc(O)c4O[C@H]2C(=O)CC[C@@]3(O)[C@H]1C5.CO[C@]12CC[C@@]3(CC1[C@](C)(O)C(C)(C)C)[C@H]1Cc4ccc(O)c5c4[C@@]3(CCN1CC1CC1)[C@H]2O5. The van der Waals surface area contributed by atoms with Crippen LogP contribution in [-0.4, -0.2) is 110 Å². The number of rotatable bonds is 6. The lowest BCUT2D eigenvalue weighted by Gasteiger charge is -2.75. The van der Waals surface area contributed by atoms with Crippen molar-refractivity contribution in [3.05, 3.63) is 59.2 Å². The van der Waals surface area contributed by atoms with E-state index in [1.165, 1.54) is 30.5 Å². The van der Waals surface area contributed by atoms with E-state index < -0.39 is 28.3 Å². The average molecular weight is 795 g/mol. The lowest BCUT2D eigenvalue weighted by molar-refractivity contribution is -0.312. The molecule has 3 spiro atoms. The predicted molar refractivity (Wildman–Crippen MR) is 217 cm³/mol. The number of aromatic hydroxyl groups is 2. The maximum absolute atomic E-state index is 12.6. The summed E-state index contributed by atoms with van der Waals surface area (Å²) in [7, 11) is 1.83. The molecule has 312 valence electrons. The van der Waals surface area contributed by atoms with Gasteiger partial charge in [0.15, 0.2) is 34.9 Å². The molecule has 11 aliphatic rings. The zero-order chi connectivity index (χ0) is 40.6. The van der Waals surface area contributed by atoms with Crippen molar-refractivity contribution in [2.45, 2.75) is 150 Å². The van der Waals surface area contributed by atoms with Crippen molar-refractivity contribution in [1.82, 2.24) is 9.80 Å². The molecular formula is C48H62N2O8. The topological polar surface area (TPSA) is 132 Å². The molecule has 4 aliphatic heterocycles. The maximum atomic E-state index is 12.6. The first-order valence-corrected chi connectivity index (χ1v) is 22.2. The Morgan fingerprint density at radius 2 is 1.52 bits per heavy atom. The second-order valence-electron chi connectivity index (χ2n) is 21.4. The van der Waals surface area contributed by atoms with Crippen molar-refractivity contribution in [1.29, 1.82) is 0 Å². The Hall–Kier alpha value is -3.15. The Morgan fingerprint density at radius 1 is 0.879 bits per heavy atom. The summed E-state index contributed by atoms with van der Waals surface area (Å²) in [5.41, 5.74) is 1.04. The molecule has 13 rings (SSSR count). The number of fused-ring (bicyclic) bond motifs is 2. The molecule has 0 radical (unpaired) electrons. The number of aliphatic hydroxyl groups is 2. The van der Waals surface area contributed by atoms with E-state index in [2.05, 4.69) is 43.2 Å². The van der Waals surface area contributed by atoms with E-state index in [-0.39, 0.29) is 51.6 Å². The molecule has 4 N–H and O–H groups in total. The van der Waals surface area contributed by atoms with E-state index in [1.54, 1.807) is 6.07 Å². The Bertz CT molecular complexity index is 2130. The number of phenolic OH excluding ortho intramolecular Hbond substituents is 2. The first-order valence-electron chi connectivity index (χ1n) is 22.2. The van der Waals surface area contributed by atoms with Crippen molar-refractivity contribution < 1.29 is 39.4 Å². The number of likely N-dealkylation sites (tertiary alicyclic amines) is 2. The van der Waals surface area contributed by atoms with Crippen LogP contribution in [-0.2, 0) is 33.2 Å². The number of carbonyl (C=O) groups excluding carboxylic acids is 1. The molecule has 7 fully saturated rings. The number of methoxy groups -OCH3 is 1. The number of hydrogen-bond acceptors (Lipinski definition) is 10. The van der Waals surface area contributed by atoms with Crippen LogP contribution in [0.1, 0.15) is 108 Å². The third kappa shape index (κ3) is 4.25. The van der Waals surface area contributed by atoms with Gasteiger partial charge in [-0.25, -0.2) is 0 Å². The van der Waals surface area contributed by atoms with E-state index in [0.29, 0.717) is 43.2 Å². The Morgan fingerprint density at radius 3 is 2.17 bits per heavy atom. The Labute approximate surface area is 342 Å². The van der Waals surface area contributed by atoms with Gasteiger partial charge in [0.1, 0.15) is 11.7 Å². The first-order chi connectivity index (χ1) is 27.5. The molecule has 4 heterocycles. The van der Waals surface area contributed by atoms with Crippen LogP contribution in [0.4, 0.5) is 0 Å². The minimum absolute atomic E-state index is 0.0294. The molecule has 58 heavy (non-hydrogen) atoms. The quantitative estimate of drug-likeness (QED) is 0.270. The van der Waals surface area contributed by atoms with Gasteiger partial charge in [0.25, 0.3) is 0 Å². The molecule has 2 aromatic carbocycles. The summed E-state index contributed by atoms with van der Waals surface area (Å²) >= 11 is 0. The van der Waals surface area contributed by atoms with E-state index in [9.17, 15) is 25.2 Å². The summed E-state index contributed by atoms with van der Waals surface area (Å²) in [6.45, 7) is 16.2. The van der Waals surface area contributed by atoms with Crippen molar-refractivity contribution in [3.63, 3.8) is 0 Å². The van der Waals surface area contributed by atoms with Crippen LogP contribution in [0.3, 0.4) is 0 Å². The molecule has 6 bridgehead atoms. The Kier molecular flexibility index (Phi) is 7.70. The van der Waals surface area contributed by atoms with Crippen LogP contribution < -0.4 is 9.47 Å². The fourth-order valence-electron chi connectivity index (χ4n) is 15.4. The fraction of sp³-hybridized carbons (Fsp3) is 0.688. The molecule has 5 saturated carbocycles. The van der Waals surface area contributed by atoms with Gasteiger partial charge in [-0.3, -0.25) is 14.6 Å². The number of ether oxygens (including phenoxy) is 3. The van der Waals surface area contributed by atoms with Crippen LogP contribution >= 0.6 is 0 Å². The van der Waals surface area contributed by atoms with E-state index in [0.717, 1.165) is 68.8 Å². The highest BCUT2D eigenvalue weighted by molar-refractivity contribution is 5.90. The van der Waals surface area contributed by atoms with Gasteiger partial charge >= 0.3 is 0 Å². The zero-order valence-corrected chi connectivity index (χ0v) is 35.0. The summed E-state index contributed by atoms with van der Waals surface area (Å²) in [6, 6.07) is 7.98. The van der Waals surface area contributed by atoms with Crippen LogP contribution in [0.15, 0.2) is 36.9 Å². The van der Waals surface area contributed by atoms with Crippen molar-refractivity contribution in [2.75, 3.05) is 33.3 Å². The molecule has 10 nitrogen and oxygen atoms in total. The average Bonchev–Trinajstić information content (AvgIpc) is 3.82. The monoisotopic (exact) mass is 794 g/mol. The van der Waals surface area contributed by atoms with Gasteiger partial charge in [-0.2, -0.15) is 0 Å². The zero-order valence-electron chi connectivity index (χ0n) is 35.0. The second kappa shape index (κ2) is 11.8. The van der Waals surface area contributed by atoms with E-state index >= 15 is 0 Å². The van der Waals surface area contributed by atoms with Gasteiger partial charge in [0.05, 0.1) is 16.6 Å². The molecule has 0 aromatic heterocycles. The molecule has 2 saturated heterocycles. The van der Waals surface area contributed by atoms with Crippen molar-refractivity contribution in [2.24, 2.45) is 22.7 Å². The van der Waals surface area contributed by atoms with Crippen LogP contribution in [0.5, 0.6) is 23.0 Å². The summed E-state index contributed by atoms with van der Waals surface area (Å²) in [6.07, 6.45) is 11.0. The number of ketones is 1. The van der Waals surface area contributed by atoms with Gasteiger partial charge < -0.3 is 34.6 Å². The summed E-state index contributed by atoms with van der Waals surface area (Å²) < 4.78 is 19.4. The number of Topliss-reactive ketones (excluding diaryl/α,β-unsaturated/α-hetero) is 1. The normalized spacial score (nSPS) is 42.0. The molecular weight excluding hydrogens is 733 g/mol. The predicted octanol–water partition coefficient (Wildman–Crippen LogP) is 5.72. The van der Waals surface area contributed by atoms with E-state index in [1.807, 2.05) is 32.2 Å². The highest BCUT2D eigenvalue weighted by atomic mass is 16.6. The molecule has 11 atom stereocenters. The lowest BCUT2D eigenvalue weighted by Crippen LogP contribution is -2.83. The van der Waals surface area contributed by atoms with Gasteiger partial charge in [0.2, 0.25) is 0 Å². The molecule has 7 aliphatic carbocycles. The number of phenols is 2. The fourth-order valence-corrected chi connectivity index (χ4v) is 15.4. The molecule has 1 unspecified atom stereocenters. The smallest absolute Gasteiger partial charge is 0.174 e. The van der Waals surface area contributed by atoms with Crippen molar-refractivity contribution in [3.8, 4) is 23.0 Å². The summed E-state index contributed by atoms with van der Waals surface area (Å²) in [5.74, 6) is 2.33. The minimum atomic E-state index is -1.00. The van der Waals surface area contributed by atoms with Gasteiger partial charge in [-0.1, -0.05) is 39.0 Å². The maximum Gasteiger partial charge on any atom is 0.174 e. The van der Waals surface area contributed by atoms with E-state index in [4.69, 9.17) is 14.2 Å². The number of benzene rings is 2. The number of nitrogens with zero attached hydrogens (tertiary/aromatic N) is 2. The van der Waals surface area contributed by atoms with Gasteiger partial charge in [0, 0.05) is 73.1 Å². The third-order valence-corrected chi connectivity index (χ3v) is 18.6. The first kappa shape index (κ1) is 37.8. The standard InChI is InChI=1S/C29H41NO4.C19H21NO4/c1-25(2,3)26(4,32)20-15-27-10-11-29(20,33-5)24-28(27)12-13-30(16-17-6-7-17)21(27)14-18-8-9-19(31)23(34-24)22(18)28;1-2-8-20-9-7-18-15-11-3-4-12(21)16(15)24-17(18)13(22)5-6-19(18,23)14(20)10-11/h8-9,17,20-21,24,31-32H,6-7,10-16H2,1-5H3;2-4,14,17,21,23H,1,5-10H2/t20?,21-,24-,26+,27-,28+,29-;14-,17+,18+,19-/m11/s1. The van der Waals surface area contributed by atoms with Gasteiger partial charge in [-0.05, 0) is 112 Å². The number of carbonyl (C=O) groups is 1. The number of hydrogen-bond donors (Lipinski definition) is 4. The largest absolute Gasteiger partial charge is 0.504 e. The molecule has 2 aromatic rings. The minimum Gasteiger partial charge on any atom is -0.504 e. The summed E-state index contributed by atoms with van der Waals surface area (Å²) in [4.78, 5) is 17.7. The second-order valence-corrected chi connectivity index (χ2v) is 21.4. The van der Waals surface area contributed by atoms with Crippen LogP contribution in [0.25, 0.3) is 0 Å². The highest BCUT2D eigenvalue weighted by Gasteiger charge is 2.82. The van der Waals surface area contributed by atoms with Crippen LogP contribution in [0.2, 0.25) is 0 Å². The Balaban J connectivity index is 0.000000141. The van der Waals surface area contributed by atoms with Crippen LogP contribution in [0, 0.1) is 22.7 Å². The lowest BCUT2D eigenvalue weighted by atomic mass is 9.33. The molecule has 10 heteroatoms.